The van der Waals surface area contributed by atoms with E-state index in [0.29, 0.717) is 15.5 Å². The van der Waals surface area contributed by atoms with Crippen LogP contribution in [-0.4, -0.2) is 24.8 Å². The van der Waals surface area contributed by atoms with Crippen molar-refractivity contribution in [3.63, 3.8) is 0 Å². The minimum atomic E-state index is -4.69. The van der Waals surface area contributed by atoms with Gasteiger partial charge in [-0.25, -0.2) is 14.6 Å². The molecule has 3 aromatic heterocycles. The maximum atomic E-state index is 12.9. The Morgan fingerprint density at radius 1 is 1.11 bits per heavy atom. The highest BCUT2D eigenvalue weighted by molar-refractivity contribution is 7.99. The van der Waals surface area contributed by atoms with Crippen molar-refractivity contribution in [1.82, 2.24) is 24.8 Å². The van der Waals surface area contributed by atoms with Gasteiger partial charge in [0.1, 0.15) is 15.7 Å². The summed E-state index contributed by atoms with van der Waals surface area (Å²) in [5.74, 6) is 4.80. The lowest BCUT2D eigenvalue weighted by atomic mass is 10.1. The first-order valence-electron chi connectivity index (χ1n) is 7.61. The van der Waals surface area contributed by atoms with E-state index in [1.165, 1.54) is 11.3 Å². The Labute approximate surface area is 159 Å². The Balaban J connectivity index is 1.85. The van der Waals surface area contributed by atoms with E-state index in [1.807, 2.05) is 35.7 Å². The molecule has 0 aliphatic rings. The summed E-state index contributed by atoms with van der Waals surface area (Å²) in [6.07, 6.45) is -4.69. The Morgan fingerprint density at radius 3 is 2.52 bits per heavy atom. The third-order valence-corrected chi connectivity index (χ3v) is 5.52. The van der Waals surface area contributed by atoms with E-state index >= 15 is 0 Å². The number of hydrogen-bond donors (Lipinski definition) is 1. The van der Waals surface area contributed by atoms with Gasteiger partial charge in [-0.05, 0) is 24.2 Å². The van der Waals surface area contributed by atoms with Gasteiger partial charge < -0.3 is 5.84 Å². The maximum absolute atomic E-state index is 12.9. The first kappa shape index (κ1) is 17.7. The van der Waals surface area contributed by atoms with Crippen LogP contribution in [0.2, 0.25) is 0 Å². The third kappa shape index (κ3) is 3.23. The van der Waals surface area contributed by atoms with Crippen molar-refractivity contribution in [1.29, 1.82) is 0 Å². The summed E-state index contributed by atoms with van der Waals surface area (Å²) < 4.78 is 39.2. The van der Waals surface area contributed by atoms with Gasteiger partial charge in [-0.1, -0.05) is 30.3 Å². The molecule has 0 bridgehead atoms. The lowest BCUT2D eigenvalue weighted by Crippen LogP contribution is -2.21. The summed E-state index contributed by atoms with van der Waals surface area (Å²) in [6.45, 7) is 1.72. The van der Waals surface area contributed by atoms with E-state index in [-0.39, 0.29) is 5.16 Å². The van der Waals surface area contributed by atoms with E-state index < -0.39 is 12.0 Å². The quantitative estimate of drug-likeness (QED) is 0.405. The fraction of sp³-hybridized carbons (Fsp3) is 0.125. The van der Waals surface area contributed by atoms with Crippen molar-refractivity contribution in [2.45, 2.75) is 23.3 Å². The second kappa shape index (κ2) is 6.50. The van der Waals surface area contributed by atoms with Crippen LogP contribution in [0.15, 0.2) is 45.9 Å². The smallest absolute Gasteiger partial charge is 0.335 e. The fourth-order valence-electron chi connectivity index (χ4n) is 2.54. The number of alkyl halides is 3. The van der Waals surface area contributed by atoms with Crippen molar-refractivity contribution < 1.29 is 13.2 Å². The molecule has 0 fully saturated rings. The van der Waals surface area contributed by atoms with Gasteiger partial charge in [0.2, 0.25) is 5.16 Å². The monoisotopic (exact) mass is 408 g/mol. The molecule has 0 aliphatic heterocycles. The number of hydrogen-bond acceptors (Lipinski definition) is 7. The Hall–Kier alpha value is -2.66. The molecular weight excluding hydrogens is 397 g/mol. The molecule has 0 amide bonds. The van der Waals surface area contributed by atoms with Gasteiger partial charge in [-0.3, -0.25) is 0 Å². The highest BCUT2D eigenvalue weighted by Gasteiger charge is 2.38. The molecule has 3 heterocycles. The minimum absolute atomic E-state index is 0.105. The van der Waals surface area contributed by atoms with Crippen LogP contribution in [0.4, 0.5) is 13.2 Å². The molecular formula is C16H11F3N6S2. The molecule has 138 valence electrons. The van der Waals surface area contributed by atoms with Gasteiger partial charge >= 0.3 is 6.18 Å². The average Bonchev–Trinajstić information content (AvgIpc) is 3.19. The topological polar surface area (TPSA) is 82.5 Å². The van der Waals surface area contributed by atoms with E-state index in [1.54, 1.807) is 6.92 Å². The van der Waals surface area contributed by atoms with Crippen LogP contribution in [0.3, 0.4) is 0 Å². The largest absolute Gasteiger partial charge is 0.453 e. The summed E-state index contributed by atoms with van der Waals surface area (Å²) in [7, 11) is 0. The van der Waals surface area contributed by atoms with E-state index in [9.17, 15) is 13.2 Å². The first-order valence-corrected chi connectivity index (χ1v) is 9.31. The Bertz CT molecular complexity index is 1120. The molecule has 0 aliphatic carbocycles. The zero-order chi connectivity index (χ0) is 19.2. The summed E-state index contributed by atoms with van der Waals surface area (Å²) in [6, 6.07) is 9.62. The molecule has 0 spiro atoms. The standard InChI is InChI=1S/C16H11F3N6S2/c1-8-21-12-11(10(7-26-12)9-5-3-2-4-6-9)13(22-8)27-15-24-23-14(25(15)20)16(17,18)19/h2-7H,20H2,1H3. The number of nitrogen functional groups attached to an aromatic ring is 1. The number of nitrogens with zero attached hydrogens (tertiary/aromatic N) is 5. The summed E-state index contributed by atoms with van der Waals surface area (Å²) in [5.41, 5.74) is 1.86. The second-order valence-electron chi connectivity index (χ2n) is 5.55. The third-order valence-electron chi connectivity index (χ3n) is 3.70. The minimum Gasteiger partial charge on any atom is -0.335 e. The van der Waals surface area contributed by atoms with Gasteiger partial charge in [0.15, 0.2) is 0 Å². The number of aromatic nitrogens is 5. The van der Waals surface area contributed by atoms with Gasteiger partial charge in [-0.15, -0.1) is 21.5 Å². The van der Waals surface area contributed by atoms with Gasteiger partial charge in [0, 0.05) is 10.9 Å². The van der Waals surface area contributed by atoms with Crippen LogP contribution in [0.1, 0.15) is 11.6 Å². The van der Waals surface area contributed by atoms with Crippen LogP contribution >= 0.6 is 23.1 Å². The number of fused-ring (bicyclic) bond motifs is 1. The summed E-state index contributed by atoms with van der Waals surface area (Å²) >= 11 is 2.37. The van der Waals surface area contributed by atoms with Crippen LogP contribution in [0.25, 0.3) is 21.3 Å². The molecule has 2 N–H and O–H groups in total. The van der Waals surface area contributed by atoms with Gasteiger partial charge in [-0.2, -0.15) is 13.2 Å². The summed E-state index contributed by atoms with van der Waals surface area (Å²) in [4.78, 5) is 9.58. The maximum Gasteiger partial charge on any atom is 0.453 e. The molecule has 1 aromatic carbocycles. The van der Waals surface area contributed by atoms with Gasteiger partial charge in [0.05, 0.1) is 5.39 Å². The predicted octanol–water partition coefficient (Wildman–Crippen LogP) is 4.14. The molecule has 0 saturated heterocycles. The highest BCUT2D eigenvalue weighted by Crippen LogP contribution is 2.40. The molecule has 0 unspecified atom stereocenters. The van der Waals surface area contributed by atoms with Crippen LogP contribution in [0, 0.1) is 6.92 Å². The van der Waals surface area contributed by atoms with Crippen LogP contribution < -0.4 is 5.84 Å². The fourth-order valence-corrected chi connectivity index (χ4v) is 4.53. The van der Waals surface area contributed by atoms with Gasteiger partial charge in [0.25, 0.3) is 5.82 Å². The Kier molecular flexibility index (Phi) is 4.27. The summed E-state index contributed by atoms with van der Waals surface area (Å²) in [5, 5.41) is 9.80. The van der Waals surface area contributed by atoms with E-state index in [2.05, 4.69) is 20.2 Å². The lowest BCUT2D eigenvalue weighted by molar-refractivity contribution is -0.146. The van der Waals surface area contributed by atoms with E-state index in [0.717, 1.165) is 33.1 Å². The van der Waals surface area contributed by atoms with Crippen molar-refractivity contribution >= 4 is 33.3 Å². The van der Waals surface area contributed by atoms with Crippen molar-refractivity contribution in [3.05, 3.63) is 47.4 Å². The molecule has 6 nitrogen and oxygen atoms in total. The highest BCUT2D eigenvalue weighted by atomic mass is 32.2. The number of nitrogens with two attached hydrogens (primary N) is 1. The number of thiophene rings is 1. The zero-order valence-electron chi connectivity index (χ0n) is 13.7. The molecule has 11 heteroatoms. The zero-order valence-corrected chi connectivity index (χ0v) is 15.4. The predicted molar refractivity (Wildman–Crippen MR) is 96.9 cm³/mol. The first-order chi connectivity index (χ1) is 12.8. The Morgan fingerprint density at radius 2 is 1.85 bits per heavy atom. The van der Waals surface area contributed by atoms with Crippen molar-refractivity contribution in [3.8, 4) is 11.1 Å². The molecule has 27 heavy (non-hydrogen) atoms. The van der Waals surface area contributed by atoms with Crippen molar-refractivity contribution in [2.24, 2.45) is 0 Å². The SMILES string of the molecule is Cc1nc(Sc2nnc(C(F)(F)F)n2N)c2c(-c3ccccc3)csc2n1. The number of halogens is 3. The number of aryl methyl sites for hydroxylation is 1. The lowest BCUT2D eigenvalue weighted by Gasteiger charge is -2.08. The van der Waals surface area contributed by atoms with Crippen molar-refractivity contribution in [2.75, 3.05) is 5.84 Å². The normalized spacial score (nSPS) is 12.0. The van der Waals surface area contributed by atoms with Crippen LogP contribution in [-0.2, 0) is 6.18 Å². The molecule has 0 saturated carbocycles. The number of rotatable bonds is 3. The average molecular weight is 408 g/mol. The molecule has 0 radical (unpaired) electrons. The molecule has 4 aromatic rings. The second-order valence-corrected chi connectivity index (χ2v) is 7.36. The molecule has 4 rings (SSSR count). The van der Waals surface area contributed by atoms with E-state index in [4.69, 9.17) is 5.84 Å². The number of benzene rings is 1. The van der Waals surface area contributed by atoms with Crippen LogP contribution in [0.5, 0.6) is 0 Å². The molecule has 0 atom stereocenters.